The van der Waals surface area contributed by atoms with Crippen LogP contribution < -0.4 is 16.2 Å². The minimum atomic E-state index is -0.172. The maximum absolute atomic E-state index is 11.8. The standard InChI is InChI=1S/C25H36N6O/c1-16-11-18(17-8-9-20(27-13-17)24(32)26-5)12-21(29-16)22-7-6-10-31(22)15-19-14-28-30-23(19)25(2,3)4/h8-9,11-13,19,22-23,28,30H,6-7,10,14-15H2,1-5H3,(H,26,32). The van der Waals surface area contributed by atoms with Crippen molar-refractivity contribution >= 4 is 5.91 Å². The number of amides is 1. The molecule has 2 aromatic heterocycles. The molecule has 3 N–H and O–H groups in total. The Bertz CT molecular complexity index is 952. The molecule has 2 aliphatic heterocycles. The largest absolute Gasteiger partial charge is 0.354 e. The van der Waals surface area contributed by atoms with E-state index in [1.165, 1.54) is 6.42 Å². The van der Waals surface area contributed by atoms with Gasteiger partial charge in [-0.3, -0.25) is 30.5 Å². The molecule has 7 heteroatoms. The molecule has 2 fully saturated rings. The van der Waals surface area contributed by atoms with E-state index >= 15 is 0 Å². The molecule has 4 heterocycles. The molecule has 0 spiro atoms. The minimum Gasteiger partial charge on any atom is -0.354 e. The van der Waals surface area contributed by atoms with Gasteiger partial charge >= 0.3 is 0 Å². The highest BCUT2D eigenvalue weighted by Crippen LogP contribution is 2.36. The van der Waals surface area contributed by atoms with Gasteiger partial charge in [-0.2, -0.15) is 0 Å². The van der Waals surface area contributed by atoms with E-state index in [9.17, 15) is 4.79 Å². The molecule has 4 rings (SSSR count). The van der Waals surface area contributed by atoms with Gasteiger partial charge in [0, 0.05) is 49.6 Å². The maximum atomic E-state index is 11.8. The van der Waals surface area contributed by atoms with Crippen LogP contribution >= 0.6 is 0 Å². The van der Waals surface area contributed by atoms with Gasteiger partial charge in [-0.1, -0.05) is 26.8 Å². The van der Waals surface area contributed by atoms with E-state index < -0.39 is 0 Å². The first-order valence-corrected chi connectivity index (χ1v) is 11.7. The molecule has 0 radical (unpaired) electrons. The first kappa shape index (κ1) is 22.8. The van der Waals surface area contributed by atoms with Crippen LogP contribution in [-0.4, -0.2) is 53.5 Å². The average molecular weight is 437 g/mol. The minimum absolute atomic E-state index is 0.172. The van der Waals surface area contributed by atoms with Gasteiger partial charge in [0.15, 0.2) is 0 Å². The van der Waals surface area contributed by atoms with Crippen molar-refractivity contribution in [3.8, 4) is 11.1 Å². The number of rotatable bonds is 5. The summed E-state index contributed by atoms with van der Waals surface area (Å²) in [7, 11) is 1.62. The highest BCUT2D eigenvalue weighted by molar-refractivity contribution is 5.92. The monoisotopic (exact) mass is 436 g/mol. The number of aryl methyl sites for hydroxylation is 1. The molecule has 3 unspecified atom stereocenters. The lowest BCUT2D eigenvalue weighted by atomic mass is 9.80. The Morgan fingerprint density at radius 2 is 2.06 bits per heavy atom. The molecule has 0 bridgehead atoms. The SMILES string of the molecule is CNC(=O)c1ccc(-c2cc(C)nc(C3CCCN3CC3CNNC3C(C)(C)C)c2)cn1. The van der Waals surface area contributed by atoms with Gasteiger partial charge in [0.25, 0.3) is 5.91 Å². The number of aromatic nitrogens is 2. The summed E-state index contributed by atoms with van der Waals surface area (Å²) >= 11 is 0. The van der Waals surface area contributed by atoms with E-state index in [4.69, 9.17) is 4.98 Å². The predicted octanol–water partition coefficient (Wildman–Crippen LogP) is 3.09. The van der Waals surface area contributed by atoms with E-state index in [1.54, 1.807) is 19.3 Å². The van der Waals surface area contributed by atoms with Gasteiger partial charge in [-0.15, -0.1) is 0 Å². The Labute approximate surface area is 191 Å². The third-order valence-corrected chi connectivity index (χ3v) is 6.73. The summed E-state index contributed by atoms with van der Waals surface area (Å²) in [6.07, 6.45) is 4.11. The second-order valence-electron chi connectivity index (χ2n) is 10.2. The highest BCUT2D eigenvalue weighted by atomic mass is 16.1. The first-order chi connectivity index (χ1) is 15.3. The van der Waals surface area contributed by atoms with Gasteiger partial charge in [0.05, 0.1) is 11.7 Å². The second-order valence-corrected chi connectivity index (χ2v) is 10.2. The van der Waals surface area contributed by atoms with Gasteiger partial charge < -0.3 is 5.32 Å². The van der Waals surface area contributed by atoms with E-state index in [1.807, 2.05) is 6.07 Å². The van der Waals surface area contributed by atoms with Gasteiger partial charge in [-0.25, -0.2) is 0 Å². The predicted molar refractivity (Wildman–Crippen MR) is 127 cm³/mol. The lowest BCUT2D eigenvalue weighted by Crippen LogP contribution is -2.45. The normalized spacial score (nSPS) is 24.1. The van der Waals surface area contributed by atoms with Crippen molar-refractivity contribution in [1.29, 1.82) is 0 Å². The molecule has 0 aromatic carbocycles. The van der Waals surface area contributed by atoms with Crippen molar-refractivity contribution in [2.24, 2.45) is 11.3 Å². The van der Waals surface area contributed by atoms with Crippen LogP contribution in [0.1, 0.15) is 61.5 Å². The van der Waals surface area contributed by atoms with Gasteiger partial charge in [-0.05, 0) is 55.5 Å². The summed E-state index contributed by atoms with van der Waals surface area (Å²) in [4.78, 5) is 23.7. The summed E-state index contributed by atoms with van der Waals surface area (Å²) in [6, 6.07) is 8.84. The number of nitrogens with zero attached hydrogens (tertiary/aromatic N) is 3. The molecule has 1 amide bonds. The number of carbonyl (C=O) groups excluding carboxylic acids is 1. The Balaban J connectivity index is 1.55. The lowest BCUT2D eigenvalue weighted by molar-refractivity contribution is 0.0958. The molecule has 2 aliphatic rings. The fourth-order valence-corrected chi connectivity index (χ4v) is 5.17. The number of likely N-dealkylation sites (tertiary alicyclic amines) is 1. The number of hydrazine groups is 1. The summed E-state index contributed by atoms with van der Waals surface area (Å²) in [6.45, 7) is 12.2. The molecule has 3 atom stereocenters. The summed E-state index contributed by atoms with van der Waals surface area (Å²) < 4.78 is 0. The topological polar surface area (TPSA) is 82.2 Å². The Kier molecular flexibility index (Phi) is 6.60. The van der Waals surface area contributed by atoms with E-state index in [0.29, 0.717) is 23.7 Å². The Morgan fingerprint density at radius 3 is 2.75 bits per heavy atom. The number of hydrogen-bond donors (Lipinski definition) is 3. The van der Waals surface area contributed by atoms with Crippen molar-refractivity contribution in [2.75, 3.05) is 26.7 Å². The van der Waals surface area contributed by atoms with Crippen molar-refractivity contribution in [1.82, 2.24) is 31.0 Å². The zero-order valence-corrected chi connectivity index (χ0v) is 19.9. The van der Waals surface area contributed by atoms with E-state index in [-0.39, 0.29) is 11.3 Å². The molecule has 172 valence electrons. The zero-order chi connectivity index (χ0) is 22.9. The highest BCUT2D eigenvalue weighted by Gasteiger charge is 2.39. The van der Waals surface area contributed by atoms with Crippen LogP contribution in [0.2, 0.25) is 0 Å². The van der Waals surface area contributed by atoms with Crippen LogP contribution in [0.25, 0.3) is 11.1 Å². The van der Waals surface area contributed by atoms with E-state index in [0.717, 1.165) is 48.6 Å². The maximum Gasteiger partial charge on any atom is 0.269 e. The molecule has 7 nitrogen and oxygen atoms in total. The molecule has 2 aromatic rings. The van der Waals surface area contributed by atoms with Crippen LogP contribution in [0, 0.1) is 18.3 Å². The smallest absolute Gasteiger partial charge is 0.269 e. The van der Waals surface area contributed by atoms with Crippen LogP contribution in [-0.2, 0) is 0 Å². The number of hydrogen-bond acceptors (Lipinski definition) is 6. The molecule has 32 heavy (non-hydrogen) atoms. The molecular formula is C25H36N6O. The third kappa shape index (κ3) is 4.85. The zero-order valence-electron chi connectivity index (χ0n) is 19.9. The fourth-order valence-electron chi connectivity index (χ4n) is 5.17. The van der Waals surface area contributed by atoms with Crippen molar-refractivity contribution in [2.45, 2.75) is 52.6 Å². The molecular weight excluding hydrogens is 400 g/mol. The van der Waals surface area contributed by atoms with Crippen LogP contribution in [0.4, 0.5) is 0 Å². The average Bonchev–Trinajstić information content (AvgIpc) is 3.42. The molecule has 0 aliphatic carbocycles. The summed E-state index contributed by atoms with van der Waals surface area (Å²) in [5.74, 6) is 0.399. The lowest BCUT2D eigenvalue weighted by Gasteiger charge is -2.35. The van der Waals surface area contributed by atoms with Crippen molar-refractivity contribution in [3.05, 3.63) is 47.5 Å². The second kappa shape index (κ2) is 9.25. The molecule has 2 saturated heterocycles. The van der Waals surface area contributed by atoms with Gasteiger partial charge in [0.1, 0.15) is 5.69 Å². The Hall–Kier alpha value is -2.35. The molecule has 0 saturated carbocycles. The third-order valence-electron chi connectivity index (χ3n) is 6.73. The number of nitrogens with one attached hydrogen (secondary N) is 3. The first-order valence-electron chi connectivity index (χ1n) is 11.7. The quantitative estimate of drug-likeness (QED) is 0.668. The van der Waals surface area contributed by atoms with Crippen LogP contribution in [0.5, 0.6) is 0 Å². The van der Waals surface area contributed by atoms with E-state index in [2.05, 4.69) is 65.9 Å². The van der Waals surface area contributed by atoms with Gasteiger partial charge in [0.2, 0.25) is 0 Å². The van der Waals surface area contributed by atoms with Crippen molar-refractivity contribution < 1.29 is 4.79 Å². The number of pyridine rings is 2. The fraction of sp³-hybridized carbons (Fsp3) is 0.560. The number of carbonyl (C=O) groups is 1. The summed E-state index contributed by atoms with van der Waals surface area (Å²) in [5.41, 5.74) is 11.8. The summed E-state index contributed by atoms with van der Waals surface area (Å²) in [5, 5.41) is 2.62. The van der Waals surface area contributed by atoms with Crippen LogP contribution in [0.3, 0.4) is 0 Å². The van der Waals surface area contributed by atoms with Crippen molar-refractivity contribution in [3.63, 3.8) is 0 Å². The Morgan fingerprint density at radius 1 is 1.25 bits per heavy atom. The van der Waals surface area contributed by atoms with Crippen LogP contribution in [0.15, 0.2) is 30.5 Å².